The number of nitrogens with one attached hydrogen (secondary N) is 7. The predicted molar refractivity (Wildman–Crippen MR) is 218 cm³/mol. The van der Waals surface area contributed by atoms with Gasteiger partial charge in [-0.15, -0.1) is 0 Å². The number of carbonyl (C=O) groups is 10. The molecule has 0 bridgehead atoms. The van der Waals surface area contributed by atoms with Gasteiger partial charge in [0.1, 0.15) is 36.3 Å². The zero-order chi connectivity index (χ0) is 46.7. The van der Waals surface area contributed by atoms with E-state index in [1.807, 2.05) is 13.8 Å². The van der Waals surface area contributed by atoms with E-state index in [2.05, 4.69) is 41.9 Å². The highest BCUT2D eigenvalue weighted by molar-refractivity contribution is 5.99. The van der Waals surface area contributed by atoms with Crippen LogP contribution in [0, 0.1) is 11.8 Å². The Morgan fingerprint density at radius 2 is 1.18 bits per heavy atom. The Balaban J connectivity index is 2.35. The van der Waals surface area contributed by atoms with Crippen LogP contribution in [-0.4, -0.2) is 122 Å². The molecule has 8 amide bonds. The fraction of sp³-hybridized carbons (Fsp3) is 0.513. The summed E-state index contributed by atoms with van der Waals surface area (Å²) in [5.41, 5.74) is 17.4. The van der Waals surface area contributed by atoms with Crippen molar-refractivity contribution in [1.29, 1.82) is 0 Å². The maximum Gasteiger partial charge on any atom is 0.326 e. The number of imidazole rings is 1. The Kier molecular flexibility index (Phi) is 20.7. The van der Waals surface area contributed by atoms with Gasteiger partial charge in [-0.05, 0) is 30.2 Å². The van der Waals surface area contributed by atoms with Crippen LogP contribution in [0.3, 0.4) is 0 Å². The van der Waals surface area contributed by atoms with Gasteiger partial charge in [-0.25, -0.2) is 9.78 Å². The zero-order valence-corrected chi connectivity index (χ0v) is 34.8. The van der Waals surface area contributed by atoms with Gasteiger partial charge in [0, 0.05) is 31.2 Å². The molecule has 62 heavy (non-hydrogen) atoms. The number of aromatic amines is 1. The number of rotatable bonds is 27. The van der Waals surface area contributed by atoms with E-state index in [-0.39, 0.29) is 38.0 Å². The number of carbonyl (C=O) groups excluding carboxylic acids is 8. The van der Waals surface area contributed by atoms with Crippen LogP contribution in [0.5, 0.6) is 0 Å². The number of hydrogen-bond acceptors (Lipinski definition) is 12. The average molecular weight is 872 g/mol. The minimum atomic E-state index is -1.83. The SMILES string of the molecule is CC(C)C[C@H](N)C(=O)N[C@@H](CCC(N)=O)C(=O)N[C@@H](CC(=O)O)C(=O)N[C@H](C(=O)N[C@@H](Cc1cnc[nH]1)C(=O)N[C@@H](CC(N)=O)C(=O)N[C@@H](Cc1ccccc1)C(=O)O)C(C)C. The fourth-order valence-electron chi connectivity index (χ4n) is 5.99. The molecule has 23 nitrogen and oxygen atoms in total. The molecule has 0 saturated heterocycles. The molecule has 23 heteroatoms. The van der Waals surface area contributed by atoms with Gasteiger partial charge in [0.15, 0.2) is 0 Å². The zero-order valence-electron chi connectivity index (χ0n) is 34.8. The molecule has 0 radical (unpaired) electrons. The maximum absolute atomic E-state index is 13.9. The number of H-pyrrole nitrogens is 1. The molecule has 0 aliphatic heterocycles. The van der Waals surface area contributed by atoms with E-state index in [1.165, 1.54) is 26.4 Å². The van der Waals surface area contributed by atoms with Gasteiger partial charge in [-0.2, -0.15) is 0 Å². The number of primary amides is 2. The highest BCUT2D eigenvalue weighted by Crippen LogP contribution is 2.10. The fourth-order valence-corrected chi connectivity index (χ4v) is 5.99. The van der Waals surface area contributed by atoms with Crippen LogP contribution in [0.15, 0.2) is 42.9 Å². The first-order valence-electron chi connectivity index (χ1n) is 19.7. The third-order valence-electron chi connectivity index (χ3n) is 9.18. The molecule has 0 spiro atoms. The lowest BCUT2D eigenvalue weighted by Gasteiger charge is -2.28. The molecule has 340 valence electrons. The number of benzene rings is 1. The summed E-state index contributed by atoms with van der Waals surface area (Å²) in [6.07, 6.45) is -0.0217. The summed E-state index contributed by atoms with van der Waals surface area (Å²) < 4.78 is 0. The van der Waals surface area contributed by atoms with E-state index >= 15 is 0 Å². The van der Waals surface area contributed by atoms with Gasteiger partial charge in [0.2, 0.25) is 47.3 Å². The molecule has 0 aliphatic rings. The number of carboxylic acids is 2. The lowest BCUT2D eigenvalue weighted by atomic mass is 10.0. The molecule has 0 unspecified atom stereocenters. The van der Waals surface area contributed by atoms with Gasteiger partial charge in [-0.1, -0.05) is 58.0 Å². The second-order valence-corrected chi connectivity index (χ2v) is 15.4. The summed E-state index contributed by atoms with van der Waals surface area (Å²) in [5.74, 6) is -11.6. The highest BCUT2D eigenvalue weighted by Gasteiger charge is 2.36. The lowest BCUT2D eigenvalue weighted by molar-refractivity contribution is -0.143. The van der Waals surface area contributed by atoms with Gasteiger partial charge in [0.05, 0.1) is 25.2 Å². The van der Waals surface area contributed by atoms with Crippen LogP contribution in [0.25, 0.3) is 0 Å². The van der Waals surface area contributed by atoms with Crippen LogP contribution in [0.2, 0.25) is 0 Å². The number of nitrogens with zero attached hydrogens (tertiary/aromatic N) is 1. The van der Waals surface area contributed by atoms with Crippen molar-refractivity contribution in [3.05, 3.63) is 54.1 Å². The van der Waals surface area contributed by atoms with Crippen molar-refractivity contribution in [3.63, 3.8) is 0 Å². The Labute approximate surface area is 356 Å². The maximum atomic E-state index is 13.9. The molecule has 15 N–H and O–H groups in total. The minimum absolute atomic E-state index is 0.00714. The van der Waals surface area contributed by atoms with Gasteiger partial charge in [0.25, 0.3) is 0 Å². The van der Waals surface area contributed by atoms with E-state index in [0.29, 0.717) is 11.3 Å². The van der Waals surface area contributed by atoms with Crippen LogP contribution < -0.4 is 49.1 Å². The van der Waals surface area contributed by atoms with Crippen LogP contribution in [0.4, 0.5) is 0 Å². The number of aliphatic carboxylic acids is 2. The first kappa shape index (κ1) is 51.2. The second kappa shape index (κ2) is 25.0. The Morgan fingerprint density at radius 1 is 0.645 bits per heavy atom. The van der Waals surface area contributed by atoms with Gasteiger partial charge in [-0.3, -0.25) is 43.2 Å². The van der Waals surface area contributed by atoms with Gasteiger partial charge >= 0.3 is 11.9 Å². The molecule has 1 aromatic heterocycles. The number of nitrogens with two attached hydrogens (primary N) is 3. The third kappa shape index (κ3) is 18.1. The molecule has 1 aromatic carbocycles. The average Bonchev–Trinajstić information content (AvgIpc) is 3.69. The van der Waals surface area contributed by atoms with Crippen LogP contribution >= 0.6 is 0 Å². The van der Waals surface area contributed by atoms with E-state index in [0.717, 1.165) is 0 Å². The normalized spacial score (nSPS) is 14.4. The molecular formula is C39H57N11O12. The number of hydrogen-bond donors (Lipinski definition) is 12. The standard InChI is InChI=1S/C39H57N11O12/c1-19(2)12-23(40)33(55)45-24(10-11-29(41)51)34(56)47-27(16-31(53)54)37(59)50-32(20(3)4)38(60)48-25(14-22-17-43-18-44-22)35(57)46-26(15-30(42)52)36(58)49-28(39(61)62)13-21-8-6-5-7-9-21/h5-9,17-20,23-28,32H,10-16,40H2,1-4H3,(H2,41,51)(H2,42,52)(H,43,44)(H,45,55)(H,46,57)(H,47,56)(H,48,60)(H,49,58)(H,50,59)(H,53,54)(H,61,62)/t23-,24-,25-,26-,27-,28-,32-/m0/s1. The van der Waals surface area contributed by atoms with Crippen molar-refractivity contribution in [1.82, 2.24) is 41.9 Å². The van der Waals surface area contributed by atoms with E-state index in [4.69, 9.17) is 17.2 Å². The Morgan fingerprint density at radius 3 is 1.69 bits per heavy atom. The second-order valence-electron chi connectivity index (χ2n) is 15.4. The number of aromatic nitrogens is 2. The quantitative estimate of drug-likeness (QED) is 0.0422. The largest absolute Gasteiger partial charge is 0.481 e. The minimum Gasteiger partial charge on any atom is -0.481 e. The van der Waals surface area contributed by atoms with E-state index < -0.39 is 120 Å². The Bertz CT molecular complexity index is 1890. The topological polar surface area (TPSA) is 390 Å². The van der Waals surface area contributed by atoms with Crippen molar-refractivity contribution < 1.29 is 58.2 Å². The predicted octanol–water partition coefficient (Wildman–Crippen LogP) is -3.17. The van der Waals surface area contributed by atoms with Crippen molar-refractivity contribution in [2.75, 3.05) is 0 Å². The van der Waals surface area contributed by atoms with Crippen molar-refractivity contribution in [2.24, 2.45) is 29.0 Å². The van der Waals surface area contributed by atoms with E-state index in [9.17, 15) is 58.2 Å². The summed E-state index contributed by atoms with van der Waals surface area (Å²) in [5, 5.41) is 33.6. The molecule has 0 fully saturated rings. The number of carboxylic acid groups (broad SMARTS) is 2. The van der Waals surface area contributed by atoms with Crippen LogP contribution in [0.1, 0.15) is 71.1 Å². The first-order valence-corrected chi connectivity index (χ1v) is 19.7. The molecule has 2 aromatic rings. The van der Waals surface area contributed by atoms with E-state index in [1.54, 1.807) is 30.3 Å². The molecule has 7 atom stereocenters. The van der Waals surface area contributed by atoms with Crippen LogP contribution in [-0.2, 0) is 60.8 Å². The molecule has 1 heterocycles. The summed E-state index contributed by atoms with van der Waals surface area (Å²) >= 11 is 0. The first-order chi connectivity index (χ1) is 29.1. The van der Waals surface area contributed by atoms with Crippen molar-refractivity contribution in [2.45, 2.75) is 115 Å². The number of amides is 8. The third-order valence-corrected chi connectivity index (χ3v) is 9.18. The van der Waals surface area contributed by atoms with Gasteiger partial charge < -0.3 is 64.3 Å². The molecule has 0 saturated carbocycles. The summed E-state index contributed by atoms with van der Waals surface area (Å²) in [7, 11) is 0. The summed E-state index contributed by atoms with van der Waals surface area (Å²) in [4.78, 5) is 135. The molecule has 0 aliphatic carbocycles. The smallest absolute Gasteiger partial charge is 0.326 e. The Hall–Kier alpha value is -6.91. The highest BCUT2D eigenvalue weighted by atomic mass is 16.4. The summed E-state index contributed by atoms with van der Waals surface area (Å²) in [6, 6.07) is -2.23. The van der Waals surface area contributed by atoms with Crippen molar-refractivity contribution >= 4 is 59.2 Å². The summed E-state index contributed by atoms with van der Waals surface area (Å²) in [6.45, 7) is 6.65. The molecule has 2 rings (SSSR count). The van der Waals surface area contributed by atoms with Crippen molar-refractivity contribution in [3.8, 4) is 0 Å². The molecular weight excluding hydrogens is 814 g/mol. The monoisotopic (exact) mass is 871 g/mol. The lowest BCUT2D eigenvalue weighted by Crippen LogP contribution is -2.61.